The Hall–Kier alpha value is -2.53. The molecule has 0 unspecified atom stereocenters. The maximum atomic E-state index is 12.1. The van der Waals surface area contributed by atoms with Gasteiger partial charge in [0.2, 0.25) is 11.8 Å². The molecular weight excluding hydrogens is 326 g/mol. The summed E-state index contributed by atoms with van der Waals surface area (Å²) in [6, 6.07) is 14.7. The fraction of sp³-hybridized carbons (Fsp3) is 0.222. The molecule has 24 heavy (non-hydrogen) atoms. The smallest absolute Gasteiger partial charge is 0.239 e. The van der Waals surface area contributed by atoms with Crippen molar-refractivity contribution < 1.29 is 9.59 Å². The minimum Gasteiger partial charge on any atom is -0.374 e. The van der Waals surface area contributed by atoms with Crippen LogP contribution in [0.4, 0.5) is 11.4 Å². The second-order valence-corrected chi connectivity index (χ2v) is 5.86. The molecule has 126 valence electrons. The lowest BCUT2D eigenvalue weighted by molar-refractivity contribution is -0.120. The zero-order valence-electron chi connectivity index (χ0n) is 13.6. The standard InChI is InChI=1S/C18H20ClN3O2/c1-12(14-6-4-3-5-7-14)21-18(24)11-20-17-10-15(19)8-9-16(17)22-13(2)23/h3-10,12,20H,11H2,1-2H3,(H,21,24)(H,22,23)/t12-/m1/s1. The Morgan fingerprint density at radius 3 is 2.46 bits per heavy atom. The molecule has 1 atom stereocenters. The van der Waals surface area contributed by atoms with Crippen LogP contribution in [0.3, 0.4) is 0 Å². The molecule has 6 heteroatoms. The van der Waals surface area contributed by atoms with Crippen molar-refractivity contribution in [3.63, 3.8) is 0 Å². The molecule has 3 N–H and O–H groups in total. The van der Waals surface area contributed by atoms with Crippen LogP contribution in [0.2, 0.25) is 5.02 Å². The van der Waals surface area contributed by atoms with Gasteiger partial charge in [-0.25, -0.2) is 0 Å². The van der Waals surface area contributed by atoms with Gasteiger partial charge in [0.1, 0.15) is 0 Å². The van der Waals surface area contributed by atoms with Gasteiger partial charge in [-0.05, 0) is 30.7 Å². The first-order chi connectivity index (χ1) is 11.5. The fourth-order valence-corrected chi connectivity index (χ4v) is 2.43. The van der Waals surface area contributed by atoms with Gasteiger partial charge >= 0.3 is 0 Å². The molecule has 2 rings (SSSR count). The van der Waals surface area contributed by atoms with E-state index in [1.807, 2.05) is 37.3 Å². The summed E-state index contributed by atoms with van der Waals surface area (Å²) in [5, 5.41) is 9.14. The second-order valence-electron chi connectivity index (χ2n) is 5.42. The Balaban J connectivity index is 1.96. The van der Waals surface area contributed by atoms with E-state index in [1.165, 1.54) is 6.92 Å². The molecule has 0 aliphatic rings. The van der Waals surface area contributed by atoms with Crippen LogP contribution in [0.5, 0.6) is 0 Å². The zero-order valence-corrected chi connectivity index (χ0v) is 14.4. The SMILES string of the molecule is CC(=O)Nc1ccc(Cl)cc1NCC(=O)N[C@H](C)c1ccccc1. The molecule has 2 aromatic rings. The number of carbonyl (C=O) groups excluding carboxylic acids is 2. The first-order valence-corrected chi connectivity index (χ1v) is 7.99. The van der Waals surface area contributed by atoms with Gasteiger partial charge in [-0.1, -0.05) is 41.9 Å². The van der Waals surface area contributed by atoms with Crippen molar-refractivity contribution in [3.05, 3.63) is 59.1 Å². The highest BCUT2D eigenvalue weighted by molar-refractivity contribution is 6.31. The highest BCUT2D eigenvalue weighted by Crippen LogP contribution is 2.25. The third-order valence-corrected chi connectivity index (χ3v) is 3.64. The molecule has 0 fully saturated rings. The number of anilines is 2. The summed E-state index contributed by atoms with van der Waals surface area (Å²) < 4.78 is 0. The van der Waals surface area contributed by atoms with Crippen LogP contribution in [-0.4, -0.2) is 18.4 Å². The number of benzene rings is 2. The average Bonchev–Trinajstić information content (AvgIpc) is 2.55. The minimum absolute atomic E-state index is 0.0735. The van der Waals surface area contributed by atoms with Crippen LogP contribution in [0.25, 0.3) is 0 Å². The van der Waals surface area contributed by atoms with Crippen molar-refractivity contribution in [2.75, 3.05) is 17.2 Å². The van der Waals surface area contributed by atoms with Crippen LogP contribution in [-0.2, 0) is 9.59 Å². The van der Waals surface area contributed by atoms with E-state index in [1.54, 1.807) is 18.2 Å². The summed E-state index contributed by atoms with van der Waals surface area (Å²) in [7, 11) is 0. The number of carbonyl (C=O) groups is 2. The van der Waals surface area contributed by atoms with Crippen LogP contribution in [0.1, 0.15) is 25.5 Å². The van der Waals surface area contributed by atoms with Gasteiger partial charge in [-0.2, -0.15) is 0 Å². The molecule has 0 aliphatic carbocycles. The molecule has 2 aromatic carbocycles. The quantitative estimate of drug-likeness (QED) is 0.749. The maximum absolute atomic E-state index is 12.1. The van der Waals surface area contributed by atoms with E-state index in [9.17, 15) is 9.59 Å². The van der Waals surface area contributed by atoms with Crippen molar-refractivity contribution in [2.45, 2.75) is 19.9 Å². The van der Waals surface area contributed by atoms with Crippen LogP contribution < -0.4 is 16.0 Å². The van der Waals surface area contributed by atoms with Gasteiger partial charge in [-0.3, -0.25) is 9.59 Å². The van der Waals surface area contributed by atoms with Gasteiger partial charge < -0.3 is 16.0 Å². The molecule has 0 spiro atoms. The van der Waals surface area contributed by atoms with Crippen molar-refractivity contribution >= 4 is 34.8 Å². The van der Waals surface area contributed by atoms with Gasteiger partial charge in [0.15, 0.2) is 0 Å². The van der Waals surface area contributed by atoms with Gasteiger partial charge in [-0.15, -0.1) is 0 Å². The Morgan fingerprint density at radius 2 is 1.79 bits per heavy atom. The first kappa shape index (κ1) is 17.8. The Bertz CT molecular complexity index is 719. The zero-order chi connectivity index (χ0) is 17.5. The molecule has 0 aromatic heterocycles. The summed E-state index contributed by atoms with van der Waals surface area (Å²) in [5.74, 6) is -0.345. The fourth-order valence-electron chi connectivity index (χ4n) is 2.25. The predicted molar refractivity (Wildman–Crippen MR) is 97.2 cm³/mol. The number of nitrogens with one attached hydrogen (secondary N) is 3. The third-order valence-electron chi connectivity index (χ3n) is 3.41. The summed E-state index contributed by atoms with van der Waals surface area (Å²) >= 11 is 5.98. The topological polar surface area (TPSA) is 70.2 Å². The summed E-state index contributed by atoms with van der Waals surface area (Å²) in [5.41, 5.74) is 2.21. The molecule has 0 aliphatic heterocycles. The Labute approximate surface area is 146 Å². The molecule has 0 bridgehead atoms. The molecule has 5 nitrogen and oxygen atoms in total. The van der Waals surface area contributed by atoms with Crippen molar-refractivity contribution in [1.82, 2.24) is 5.32 Å². The van der Waals surface area contributed by atoms with Gasteiger partial charge in [0, 0.05) is 11.9 Å². The summed E-state index contributed by atoms with van der Waals surface area (Å²) in [4.78, 5) is 23.4. The van der Waals surface area contributed by atoms with E-state index in [0.717, 1.165) is 5.56 Å². The van der Waals surface area contributed by atoms with E-state index in [2.05, 4.69) is 16.0 Å². The lowest BCUT2D eigenvalue weighted by atomic mass is 10.1. The minimum atomic E-state index is -0.192. The van der Waals surface area contributed by atoms with E-state index in [4.69, 9.17) is 11.6 Å². The van der Waals surface area contributed by atoms with Gasteiger partial charge in [0.25, 0.3) is 0 Å². The molecule has 0 heterocycles. The number of hydrogen-bond donors (Lipinski definition) is 3. The molecule has 0 saturated carbocycles. The number of amides is 2. The number of hydrogen-bond acceptors (Lipinski definition) is 3. The summed E-state index contributed by atoms with van der Waals surface area (Å²) in [6.45, 7) is 3.42. The molecule has 2 amide bonds. The van der Waals surface area contributed by atoms with E-state index >= 15 is 0 Å². The molecular formula is C18H20ClN3O2. The lowest BCUT2D eigenvalue weighted by Crippen LogP contribution is -2.32. The third kappa shape index (κ3) is 5.28. The van der Waals surface area contributed by atoms with Crippen LogP contribution in [0.15, 0.2) is 48.5 Å². The van der Waals surface area contributed by atoms with Crippen LogP contribution >= 0.6 is 11.6 Å². The largest absolute Gasteiger partial charge is 0.374 e. The summed E-state index contributed by atoms with van der Waals surface area (Å²) in [6.07, 6.45) is 0. The molecule has 0 radical (unpaired) electrons. The monoisotopic (exact) mass is 345 g/mol. The van der Waals surface area contributed by atoms with E-state index < -0.39 is 0 Å². The van der Waals surface area contributed by atoms with Crippen molar-refractivity contribution in [2.24, 2.45) is 0 Å². The van der Waals surface area contributed by atoms with E-state index in [-0.39, 0.29) is 24.4 Å². The average molecular weight is 346 g/mol. The van der Waals surface area contributed by atoms with Gasteiger partial charge in [0.05, 0.1) is 24.0 Å². The van der Waals surface area contributed by atoms with Crippen molar-refractivity contribution in [3.8, 4) is 0 Å². The number of halogens is 1. The predicted octanol–water partition coefficient (Wildman–Crippen LogP) is 3.59. The Kier molecular flexibility index (Phi) is 6.21. The second kappa shape index (κ2) is 8.36. The number of rotatable bonds is 6. The van der Waals surface area contributed by atoms with E-state index in [0.29, 0.717) is 16.4 Å². The van der Waals surface area contributed by atoms with Crippen molar-refractivity contribution in [1.29, 1.82) is 0 Å². The Morgan fingerprint density at radius 1 is 1.08 bits per heavy atom. The lowest BCUT2D eigenvalue weighted by Gasteiger charge is -2.16. The highest BCUT2D eigenvalue weighted by Gasteiger charge is 2.10. The molecule has 0 saturated heterocycles. The normalized spacial score (nSPS) is 11.5. The highest BCUT2D eigenvalue weighted by atomic mass is 35.5. The first-order valence-electron chi connectivity index (χ1n) is 7.61. The maximum Gasteiger partial charge on any atom is 0.239 e. The van der Waals surface area contributed by atoms with Crippen LogP contribution in [0, 0.1) is 0 Å².